The second-order valence-corrected chi connectivity index (χ2v) is 14.8. The lowest BCUT2D eigenvalue weighted by Gasteiger charge is -2.48. The maximum absolute atomic E-state index is 11.7. The van der Waals surface area contributed by atoms with E-state index in [1.807, 2.05) is 0 Å². The fourth-order valence-corrected chi connectivity index (χ4v) is 7.16. The molecule has 4 fully saturated rings. The molecule has 4 aliphatic heterocycles. The van der Waals surface area contributed by atoms with E-state index in [-0.39, 0.29) is 25.5 Å². The van der Waals surface area contributed by atoms with Gasteiger partial charge in [-0.25, -0.2) is 4.68 Å². The van der Waals surface area contributed by atoms with Crippen molar-refractivity contribution < 1.29 is 109 Å². The molecule has 12 N–H and O–H groups in total. The predicted octanol–water partition coefficient (Wildman–Crippen LogP) is -9.03. The van der Waals surface area contributed by atoms with E-state index in [9.17, 15) is 66.1 Å². The van der Waals surface area contributed by atoms with Gasteiger partial charge in [-0.05, 0) is 0 Å². The highest BCUT2D eigenvalue weighted by molar-refractivity contribution is 5.66. The lowest BCUT2D eigenvalue weighted by Crippen LogP contribution is -2.67. The van der Waals surface area contributed by atoms with Gasteiger partial charge in [0.1, 0.15) is 103 Å². The Balaban J connectivity index is 1.03. The van der Waals surface area contributed by atoms with Gasteiger partial charge >= 0.3 is 5.97 Å². The Kier molecular flexibility index (Phi) is 16.0. The van der Waals surface area contributed by atoms with Gasteiger partial charge in [-0.3, -0.25) is 9.48 Å². The minimum absolute atomic E-state index is 0.116. The van der Waals surface area contributed by atoms with Gasteiger partial charge in [0.2, 0.25) is 0 Å². The summed E-state index contributed by atoms with van der Waals surface area (Å²) >= 11 is 0. The second-order valence-electron chi connectivity index (χ2n) is 14.8. The van der Waals surface area contributed by atoms with Gasteiger partial charge in [0.05, 0.1) is 52.0 Å². The number of aliphatic hydroxyl groups is 12. The van der Waals surface area contributed by atoms with Crippen molar-refractivity contribution in [1.82, 2.24) is 30.0 Å². The number of aliphatic hydroxyl groups excluding tert-OH is 12. The fourth-order valence-electron chi connectivity index (χ4n) is 7.16. The molecule has 0 bridgehead atoms. The maximum atomic E-state index is 11.7. The molecule has 0 aliphatic carbocycles. The summed E-state index contributed by atoms with van der Waals surface area (Å²) in [6, 6.07) is 0. The molecule has 0 amide bonds. The van der Waals surface area contributed by atoms with Crippen LogP contribution in [0, 0.1) is 0 Å². The van der Waals surface area contributed by atoms with Crippen molar-refractivity contribution in [3.63, 3.8) is 0 Å². The third kappa shape index (κ3) is 10.7. The highest BCUT2D eigenvalue weighted by Gasteiger charge is 2.54. The third-order valence-corrected chi connectivity index (χ3v) is 10.4. The van der Waals surface area contributed by atoms with Crippen LogP contribution in [0.4, 0.5) is 0 Å². The lowest BCUT2D eigenvalue weighted by atomic mass is 9.96. The summed E-state index contributed by atoms with van der Waals surface area (Å²) in [7, 11) is 1.65. The molecule has 4 aliphatic rings. The molecular formula is C33H52N6O22. The molecule has 9 unspecified atom stereocenters. The molecule has 0 saturated carbocycles. The summed E-state index contributed by atoms with van der Waals surface area (Å²) in [5.74, 6) is -0.915. The average Bonchev–Trinajstić information content (AvgIpc) is 3.88. The van der Waals surface area contributed by atoms with E-state index in [1.54, 1.807) is 13.2 Å². The van der Waals surface area contributed by atoms with E-state index in [0.29, 0.717) is 5.69 Å². The van der Waals surface area contributed by atoms with Crippen molar-refractivity contribution in [3.8, 4) is 0 Å². The van der Waals surface area contributed by atoms with Crippen LogP contribution in [0.25, 0.3) is 0 Å². The van der Waals surface area contributed by atoms with Crippen LogP contribution in [-0.2, 0) is 74.2 Å². The molecule has 2 aromatic rings. The first-order chi connectivity index (χ1) is 29.0. The summed E-state index contributed by atoms with van der Waals surface area (Å²) in [6.07, 6.45) is -30.3. The van der Waals surface area contributed by atoms with Crippen LogP contribution in [0.5, 0.6) is 0 Å². The zero-order chi connectivity index (χ0) is 44.3. The van der Waals surface area contributed by atoms with Crippen LogP contribution in [-0.4, -0.2) is 240 Å². The number of esters is 1. The number of rotatable bonds is 16. The summed E-state index contributed by atoms with van der Waals surface area (Å²) in [5.41, 5.74) is 0.577. The minimum Gasteiger partial charge on any atom is -0.454 e. The highest BCUT2D eigenvalue weighted by Crippen LogP contribution is 2.33. The van der Waals surface area contributed by atoms with Crippen LogP contribution in [0.2, 0.25) is 0 Å². The molecular weight excluding hydrogens is 832 g/mol. The first-order valence-electron chi connectivity index (χ1n) is 19.1. The number of aromatic nitrogens is 6. The van der Waals surface area contributed by atoms with E-state index in [4.69, 9.17) is 42.6 Å². The van der Waals surface area contributed by atoms with Crippen molar-refractivity contribution in [1.29, 1.82) is 0 Å². The van der Waals surface area contributed by atoms with Crippen molar-refractivity contribution in [2.75, 3.05) is 19.8 Å². The first-order valence-corrected chi connectivity index (χ1v) is 19.1. The van der Waals surface area contributed by atoms with Crippen molar-refractivity contribution in [3.05, 3.63) is 23.8 Å². The summed E-state index contributed by atoms with van der Waals surface area (Å²) in [6.45, 7) is -2.22. The van der Waals surface area contributed by atoms with Gasteiger partial charge in [0.25, 0.3) is 0 Å². The third-order valence-electron chi connectivity index (χ3n) is 10.4. The van der Waals surface area contributed by atoms with Crippen LogP contribution in [0.1, 0.15) is 18.3 Å². The molecule has 28 heteroatoms. The molecule has 6 rings (SSSR count). The van der Waals surface area contributed by atoms with Gasteiger partial charge in [-0.2, -0.15) is 0 Å². The predicted molar refractivity (Wildman–Crippen MR) is 186 cm³/mol. The number of hydrogen-bond acceptors (Lipinski definition) is 26. The van der Waals surface area contributed by atoms with E-state index in [1.165, 1.54) is 15.6 Å². The number of ether oxygens (including phenoxy) is 9. The van der Waals surface area contributed by atoms with Crippen LogP contribution >= 0.6 is 0 Å². The molecule has 20 atom stereocenters. The summed E-state index contributed by atoms with van der Waals surface area (Å²) < 4.78 is 52.8. The Bertz CT molecular complexity index is 1690. The Morgan fingerprint density at radius 2 is 1.03 bits per heavy atom. The Morgan fingerprint density at radius 1 is 0.574 bits per heavy atom. The zero-order valence-corrected chi connectivity index (χ0v) is 32.6. The van der Waals surface area contributed by atoms with E-state index >= 15 is 0 Å². The van der Waals surface area contributed by atoms with Crippen molar-refractivity contribution in [2.24, 2.45) is 7.05 Å². The number of carbonyl (C=O) groups is 1. The highest BCUT2D eigenvalue weighted by atomic mass is 16.8. The topological polar surface area (TPSA) is 404 Å². The monoisotopic (exact) mass is 884 g/mol. The van der Waals surface area contributed by atoms with Gasteiger partial charge in [-0.15, -0.1) is 10.2 Å². The second kappa shape index (κ2) is 20.6. The standard InChI is InChI=1S/C33H52N6O22/c1-11(43)55-29-21(47)19(45)15(6-40)57-33(29)61-28-17(8-42)59-32(26(52)23(28)49)60-27-16(7-41)58-31(25(51)22(27)48)54-10-13-4-39(37-35-13)5-14-18(44)20(46)24(50)30(56-14)53-9-12-3-38(2)36-34-12/h3-4,14-33,40-42,44-52H,5-10H2,1-2H3/t14-,15?,16?,17?,18-,19+,20+,21?,22?,23?,24+,25?,26?,27+,28+,29?,30+,31+,32+,33+/m0/s1. The van der Waals surface area contributed by atoms with Gasteiger partial charge in [0.15, 0.2) is 31.3 Å². The van der Waals surface area contributed by atoms with E-state index in [0.717, 1.165) is 6.92 Å². The molecule has 6 heterocycles. The summed E-state index contributed by atoms with van der Waals surface area (Å²) in [5, 5.41) is 142. The lowest BCUT2D eigenvalue weighted by molar-refractivity contribution is -0.380. The molecule has 0 spiro atoms. The van der Waals surface area contributed by atoms with Crippen molar-refractivity contribution in [2.45, 2.75) is 150 Å². The average molecular weight is 885 g/mol. The molecule has 4 saturated heterocycles. The van der Waals surface area contributed by atoms with E-state index in [2.05, 4.69) is 20.6 Å². The Labute approximate surface area is 344 Å². The van der Waals surface area contributed by atoms with Crippen LogP contribution in [0.15, 0.2) is 12.4 Å². The Morgan fingerprint density at radius 3 is 1.59 bits per heavy atom. The SMILES string of the molecule is CC(=O)OC1C(O)[C@H](O)C(CO)O[C@@H]1O[C@@H]1C(CO)O[C@H](O[C@@H]2C(CO)O[C@@H](OCc3cn(C[C@@H]4O[C@@H](OCc5cn(C)nn5)[C@H](O)[C@H](O)[C@H]4O)nn3)C(O)C2O)C(O)C1O. The number of nitrogens with zero attached hydrogens (tertiary/aromatic N) is 6. The zero-order valence-electron chi connectivity index (χ0n) is 32.6. The molecule has 2 aromatic heterocycles. The van der Waals surface area contributed by atoms with Gasteiger partial charge in [0, 0.05) is 14.0 Å². The molecule has 0 radical (unpaired) electrons. The van der Waals surface area contributed by atoms with Gasteiger partial charge < -0.3 is 104 Å². The normalized spacial score (nSPS) is 42.1. The maximum Gasteiger partial charge on any atom is 0.303 e. The molecule has 61 heavy (non-hydrogen) atoms. The fraction of sp³-hybridized carbons (Fsp3) is 0.848. The van der Waals surface area contributed by atoms with E-state index < -0.39 is 149 Å². The number of aryl methyl sites for hydroxylation is 1. The smallest absolute Gasteiger partial charge is 0.303 e. The van der Waals surface area contributed by atoms with Crippen LogP contribution < -0.4 is 0 Å². The number of hydrogen-bond donors (Lipinski definition) is 12. The Hall–Kier alpha value is -3.05. The molecule has 346 valence electrons. The van der Waals surface area contributed by atoms with Crippen molar-refractivity contribution >= 4 is 5.97 Å². The number of carbonyl (C=O) groups excluding carboxylic acids is 1. The minimum atomic E-state index is -2.02. The first kappa shape index (κ1) is 47.4. The largest absolute Gasteiger partial charge is 0.454 e. The quantitative estimate of drug-likeness (QED) is 0.0696. The molecule has 28 nitrogen and oxygen atoms in total. The molecule has 0 aromatic carbocycles. The van der Waals surface area contributed by atoms with Gasteiger partial charge in [-0.1, -0.05) is 10.4 Å². The van der Waals surface area contributed by atoms with Crippen LogP contribution in [0.3, 0.4) is 0 Å². The summed E-state index contributed by atoms with van der Waals surface area (Å²) in [4.78, 5) is 11.7.